The number of aromatic nitrogens is 2. The van der Waals surface area contributed by atoms with Crippen LogP contribution in [-0.4, -0.2) is 18.4 Å². The molecule has 0 atom stereocenters. The molecular formula is C10H7Cl2N3O2S. The summed E-state index contributed by atoms with van der Waals surface area (Å²) < 4.78 is 26.2. The van der Waals surface area contributed by atoms with E-state index >= 15 is 0 Å². The summed E-state index contributed by atoms with van der Waals surface area (Å²) >= 11 is 11.2. The fraction of sp³-hybridized carbons (Fsp3) is 0. The normalized spacial score (nSPS) is 11.2. The number of hydrogen-bond acceptors (Lipinski definition) is 4. The van der Waals surface area contributed by atoms with Crippen LogP contribution in [0, 0.1) is 0 Å². The molecule has 0 radical (unpaired) electrons. The predicted molar refractivity (Wildman–Crippen MR) is 69.3 cm³/mol. The average Bonchev–Trinajstić information content (AvgIpc) is 2.32. The molecule has 0 unspecified atom stereocenters. The van der Waals surface area contributed by atoms with Crippen molar-refractivity contribution < 1.29 is 8.42 Å². The summed E-state index contributed by atoms with van der Waals surface area (Å²) in [7, 11) is -3.72. The van der Waals surface area contributed by atoms with Gasteiger partial charge in [0.15, 0.2) is 0 Å². The number of hydrogen-bond donors (Lipinski definition) is 1. The SMILES string of the molecule is O=S(=O)(Nc1ccc(Cl)cc1)c1cnc(Cl)nc1. The molecule has 18 heavy (non-hydrogen) atoms. The van der Waals surface area contributed by atoms with Gasteiger partial charge in [0.25, 0.3) is 10.0 Å². The number of rotatable bonds is 3. The Bertz CT molecular complexity index is 642. The Labute approximate surface area is 114 Å². The van der Waals surface area contributed by atoms with Crippen molar-refractivity contribution in [3.05, 3.63) is 47.0 Å². The predicted octanol–water partition coefficient (Wildman–Crippen LogP) is 2.58. The molecule has 1 heterocycles. The molecule has 0 saturated heterocycles. The Hall–Kier alpha value is -1.37. The first-order valence-electron chi connectivity index (χ1n) is 4.73. The van der Waals surface area contributed by atoms with E-state index in [0.29, 0.717) is 10.7 Å². The molecule has 0 saturated carbocycles. The van der Waals surface area contributed by atoms with Gasteiger partial charge in [0.2, 0.25) is 5.28 Å². The molecule has 0 fully saturated rings. The molecule has 94 valence electrons. The summed E-state index contributed by atoms with van der Waals surface area (Å²) in [4.78, 5) is 7.16. The lowest BCUT2D eigenvalue weighted by atomic mass is 10.3. The lowest BCUT2D eigenvalue weighted by Gasteiger charge is -2.07. The zero-order valence-electron chi connectivity index (χ0n) is 8.84. The van der Waals surface area contributed by atoms with Crippen molar-refractivity contribution in [3.8, 4) is 0 Å². The molecule has 1 aromatic heterocycles. The van der Waals surface area contributed by atoms with E-state index in [1.54, 1.807) is 24.3 Å². The summed E-state index contributed by atoms with van der Waals surface area (Å²) in [6, 6.07) is 6.27. The number of halogens is 2. The molecule has 0 amide bonds. The first kappa shape index (κ1) is 13.1. The first-order valence-corrected chi connectivity index (χ1v) is 6.97. The lowest BCUT2D eigenvalue weighted by molar-refractivity contribution is 0.600. The first-order chi connectivity index (χ1) is 8.47. The van der Waals surface area contributed by atoms with E-state index in [0.717, 1.165) is 12.4 Å². The highest BCUT2D eigenvalue weighted by Crippen LogP contribution is 2.17. The molecule has 2 aromatic rings. The molecule has 2 rings (SSSR count). The Morgan fingerprint density at radius 2 is 1.56 bits per heavy atom. The summed E-state index contributed by atoms with van der Waals surface area (Å²) in [5.74, 6) is 0. The molecule has 0 spiro atoms. The monoisotopic (exact) mass is 303 g/mol. The summed E-state index contributed by atoms with van der Waals surface area (Å²) in [6.07, 6.45) is 2.27. The van der Waals surface area contributed by atoms with Crippen LogP contribution in [0.2, 0.25) is 10.3 Å². The molecular weight excluding hydrogens is 297 g/mol. The van der Waals surface area contributed by atoms with Crippen LogP contribution < -0.4 is 4.72 Å². The zero-order valence-corrected chi connectivity index (χ0v) is 11.2. The van der Waals surface area contributed by atoms with E-state index in [9.17, 15) is 8.42 Å². The van der Waals surface area contributed by atoms with E-state index in [1.165, 1.54) is 0 Å². The average molecular weight is 304 g/mol. The van der Waals surface area contributed by atoms with Crippen molar-refractivity contribution in [1.82, 2.24) is 9.97 Å². The van der Waals surface area contributed by atoms with Crippen LogP contribution in [0.5, 0.6) is 0 Å². The van der Waals surface area contributed by atoms with E-state index in [-0.39, 0.29) is 10.2 Å². The maximum absolute atomic E-state index is 11.9. The minimum absolute atomic E-state index is 0.0135. The summed E-state index contributed by atoms with van der Waals surface area (Å²) in [6.45, 7) is 0. The van der Waals surface area contributed by atoms with Gasteiger partial charge in [-0.2, -0.15) is 0 Å². The second-order valence-corrected chi connectivity index (χ2v) is 5.76. The molecule has 1 N–H and O–H groups in total. The van der Waals surface area contributed by atoms with Gasteiger partial charge in [-0.1, -0.05) is 11.6 Å². The maximum atomic E-state index is 11.9. The number of nitrogens with zero attached hydrogens (tertiary/aromatic N) is 2. The molecule has 0 aliphatic rings. The second-order valence-electron chi connectivity index (χ2n) is 3.30. The number of sulfonamides is 1. The van der Waals surface area contributed by atoms with E-state index < -0.39 is 10.0 Å². The number of benzene rings is 1. The van der Waals surface area contributed by atoms with Crippen molar-refractivity contribution in [1.29, 1.82) is 0 Å². The van der Waals surface area contributed by atoms with Crippen molar-refractivity contribution in [2.45, 2.75) is 4.90 Å². The smallest absolute Gasteiger partial charge is 0.264 e. The van der Waals surface area contributed by atoms with Crippen LogP contribution in [0.4, 0.5) is 5.69 Å². The Morgan fingerprint density at radius 1 is 1.00 bits per heavy atom. The van der Waals surface area contributed by atoms with Crippen LogP contribution in [0.1, 0.15) is 0 Å². The zero-order chi connectivity index (χ0) is 13.2. The van der Waals surface area contributed by atoms with Gasteiger partial charge in [0, 0.05) is 10.7 Å². The standard InChI is InChI=1S/C10H7Cl2N3O2S/c11-7-1-3-8(4-2-7)15-18(16,17)9-5-13-10(12)14-6-9/h1-6,15H. The maximum Gasteiger partial charge on any atom is 0.264 e. The molecule has 0 aliphatic heterocycles. The summed E-state index contributed by atoms with van der Waals surface area (Å²) in [5.41, 5.74) is 0.398. The van der Waals surface area contributed by atoms with Crippen molar-refractivity contribution >= 4 is 38.9 Å². The lowest BCUT2D eigenvalue weighted by Crippen LogP contribution is -2.13. The van der Waals surface area contributed by atoms with Gasteiger partial charge in [0.1, 0.15) is 4.90 Å². The van der Waals surface area contributed by atoms with Crippen LogP contribution in [0.3, 0.4) is 0 Å². The highest BCUT2D eigenvalue weighted by molar-refractivity contribution is 7.92. The van der Waals surface area contributed by atoms with E-state index in [2.05, 4.69) is 14.7 Å². The highest BCUT2D eigenvalue weighted by Gasteiger charge is 2.15. The van der Waals surface area contributed by atoms with Crippen molar-refractivity contribution in [2.24, 2.45) is 0 Å². The molecule has 5 nitrogen and oxygen atoms in total. The van der Waals surface area contributed by atoms with Crippen LogP contribution in [0.15, 0.2) is 41.6 Å². The van der Waals surface area contributed by atoms with Gasteiger partial charge in [-0.15, -0.1) is 0 Å². The van der Waals surface area contributed by atoms with Gasteiger partial charge in [-0.3, -0.25) is 4.72 Å². The van der Waals surface area contributed by atoms with Crippen molar-refractivity contribution in [3.63, 3.8) is 0 Å². The van der Waals surface area contributed by atoms with Gasteiger partial charge >= 0.3 is 0 Å². The Kier molecular flexibility index (Phi) is 3.70. The van der Waals surface area contributed by atoms with Crippen LogP contribution >= 0.6 is 23.2 Å². The Morgan fingerprint density at radius 3 is 2.11 bits per heavy atom. The second kappa shape index (κ2) is 5.09. The van der Waals surface area contributed by atoms with Gasteiger partial charge in [-0.25, -0.2) is 18.4 Å². The van der Waals surface area contributed by atoms with Gasteiger partial charge in [0.05, 0.1) is 12.4 Å². The third kappa shape index (κ3) is 3.10. The minimum Gasteiger partial charge on any atom is -0.280 e. The fourth-order valence-corrected chi connectivity index (χ4v) is 2.34. The van der Waals surface area contributed by atoms with Gasteiger partial charge in [-0.05, 0) is 35.9 Å². The van der Waals surface area contributed by atoms with Crippen molar-refractivity contribution in [2.75, 3.05) is 4.72 Å². The number of anilines is 1. The third-order valence-electron chi connectivity index (χ3n) is 2.00. The molecule has 0 bridgehead atoms. The van der Waals surface area contributed by atoms with Gasteiger partial charge < -0.3 is 0 Å². The molecule has 1 aromatic carbocycles. The van der Waals surface area contributed by atoms with E-state index in [4.69, 9.17) is 23.2 Å². The Balaban J connectivity index is 2.27. The molecule has 0 aliphatic carbocycles. The molecule has 8 heteroatoms. The van der Waals surface area contributed by atoms with Crippen LogP contribution in [0.25, 0.3) is 0 Å². The highest BCUT2D eigenvalue weighted by atomic mass is 35.5. The quantitative estimate of drug-likeness (QED) is 0.885. The largest absolute Gasteiger partial charge is 0.280 e. The fourth-order valence-electron chi connectivity index (χ4n) is 1.17. The third-order valence-corrected chi connectivity index (χ3v) is 3.79. The topological polar surface area (TPSA) is 72.0 Å². The minimum atomic E-state index is -3.72. The van der Waals surface area contributed by atoms with E-state index in [1.807, 2.05) is 0 Å². The number of nitrogens with one attached hydrogen (secondary N) is 1. The summed E-state index contributed by atoms with van der Waals surface area (Å²) in [5, 5.41) is 0.508. The van der Waals surface area contributed by atoms with Crippen LogP contribution in [-0.2, 0) is 10.0 Å².